The summed E-state index contributed by atoms with van der Waals surface area (Å²) in [5, 5.41) is 10.1. The van der Waals surface area contributed by atoms with Crippen molar-refractivity contribution < 1.29 is 5.11 Å². The molecule has 0 saturated heterocycles. The van der Waals surface area contributed by atoms with E-state index in [0.29, 0.717) is 16.2 Å². The fourth-order valence-electron chi connectivity index (χ4n) is 7.95. The zero-order chi connectivity index (χ0) is 16.5. The third-order valence-electron chi connectivity index (χ3n) is 9.21. The summed E-state index contributed by atoms with van der Waals surface area (Å²) in [6, 6.07) is 0. The second kappa shape index (κ2) is 5.10. The molecule has 4 aliphatic carbocycles. The average Bonchev–Trinajstić information content (AvgIpc) is 2.95. The van der Waals surface area contributed by atoms with E-state index < -0.39 is 0 Å². The first-order valence-electron chi connectivity index (χ1n) is 10.2. The van der Waals surface area contributed by atoms with Gasteiger partial charge in [-0.05, 0) is 85.4 Å². The second-order valence-electron chi connectivity index (χ2n) is 10.2. The van der Waals surface area contributed by atoms with Crippen LogP contribution in [0.3, 0.4) is 0 Å². The third kappa shape index (κ3) is 2.01. The Bertz CT molecular complexity index is 520. The topological polar surface area (TPSA) is 20.2 Å². The van der Waals surface area contributed by atoms with Crippen LogP contribution in [0.1, 0.15) is 85.5 Å². The van der Waals surface area contributed by atoms with E-state index in [9.17, 15) is 5.11 Å². The lowest BCUT2D eigenvalue weighted by molar-refractivity contribution is -0.119. The maximum atomic E-state index is 10.1. The molecule has 0 amide bonds. The molecule has 4 aliphatic rings. The van der Waals surface area contributed by atoms with Gasteiger partial charge < -0.3 is 5.11 Å². The molecule has 1 nitrogen and oxygen atoms in total. The lowest BCUT2D eigenvalue weighted by atomic mass is 9.41. The van der Waals surface area contributed by atoms with Crippen LogP contribution in [0.4, 0.5) is 0 Å². The quantitative estimate of drug-likeness (QED) is 0.613. The van der Waals surface area contributed by atoms with Gasteiger partial charge in [0.1, 0.15) is 0 Å². The van der Waals surface area contributed by atoms with Crippen molar-refractivity contribution in [3.8, 4) is 0 Å². The van der Waals surface area contributed by atoms with Gasteiger partial charge in [-0.2, -0.15) is 0 Å². The minimum atomic E-state index is -0.0801. The predicted octanol–water partition coefficient (Wildman–Crippen LogP) is 5.73. The minimum absolute atomic E-state index is 0.0801. The van der Waals surface area contributed by atoms with E-state index in [0.717, 1.165) is 30.6 Å². The van der Waals surface area contributed by atoms with E-state index in [-0.39, 0.29) is 6.10 Å². The largest absolute Gasteiger partial charge is 0.393 e. The number of aliphatic hydroxyl groups excluding tert-OH is 1. The van der Waals surface area contributed by atoms with E-state index in [1.807, 2.05) is 0 Å². The first-order chi connectivity index (χ1) is 10.8. The molecule has 23 heavy (non-hydrogen) atoms. The maximum Gasteiger partial charge on any atom is 0.0577 e. The van der Waals surface area contributed by atoms with Crippen molar-refractivity contribution in [2.75, 3.05) is 0 Å². The summed E-state index contributed by atoms with van der Waals surface area (Å²) in [6.07, 6.45) is 14.2. The lowest BCUT2D eigenvalue weighted by Gasteiger charge is -2.64. The maximum absolute atomic E-state index is 10.1. The molecule has 0 heterocycles. The third-order valence-corrected chi connectivity index (χ3v) is 9.21. The molecule has 0 aromatic carbocycles. The Morgan fingerprint density at radius 3 is 2.57 bits per heavy atom. The molecule has 0 unspecified atom stereocenters. The average molecular weight is 317 g/mol. The van der Waals surface area contributed by atoms with Gasteiger partial charge in [-0.3, -0.25) is 0 Å². The molecule has 6 atom stereocenters. The van der Waals surface area contributed by atoms with Gasteiger partial charge in [0, 0.05) is 0 Å². The number of hydrogen-bond acceptors (Lipinski definition) is 1. The van der Waals surface area contributed by atoms with Crippen molar-refractivity contribution in [1.82, 2.24) is 0 Å². The highest BCUT2D eigenvalue weighted by Crippen LogP contribution is 2.71. The molecular weight excluding hydrogens is 280 g/mol. The first kappa shape index (κ1) is 16.2. The summed E-state index contributed by atoms with van der Waals surface area (Å²) in [7, 11) is 0. The van der Waals surface area contributed by atoms with E-state index in [4.69, 9.17) is 0 Å². The monoisotopic (exact) mass is 316 g/mol. The lowest BCUT2D eigenvalue weighted by Crippen LogP contribution is -2.56. The van der Waals surface area contributed by atoms with E-state index in [2.05, 4.69) is 33.8 Å². The van der Waals surface area contributed by atoms with Gasteiger partial charge in [0.15, 0.2) is 0 Å². The van der Waals surface area contributed by atoms with Crippen molar-refractivity contribution >= 4 is 0 Å². The number of hydrogen-bond donors (Lipinski definition) is 1. The van der Waals surface area contributed by atoms with Gasteiger partial charge >= 0.3 is 0 Å². The second-order valence-corrected chi connectivity index (χ2v) is 10.2. The Morgan fingerprint density at radius 1 is 1.04 bits per heavy atom. The summed E-state index contributed by atoms with van der Waals surface area (Å²) in [4.78, 5) is 0. The highest BCUT2D eigenvalue weighted by atomic mass is 16.3. The molecule has 0 aromatic rings. The summed E-state index contributed by atoms with van der Waals surface area (Å²) >= 11 is 0. The van der Waals surface area contributed by atoms with Gasteiger partial charge in [-0.1, -0.05) is 45.8 Å². The standard InChI is InChI=1S/C22H36O/c1-15(2)22-10-5-6-19(22)21(4)11-7-16-14-17(23)8-12-20(16,3)18(21)9-13-22/h7,15,17-19,23H,5-6,8-14H2,1-4H3/t17-,18+,19-,20-,21+,22-/m0/s1. The molecule has 3 saturated carbocycles. The molecule has 0 bridgehead atoms. The minimum Gasteiger partial charge on any atom is -0.393 e. The Labute approximate surface area is 142 Å². The number of aliphatic hydroxyl groups is 1. The summed E-state index contributed by atoms with van der Waals surface area (Å²) in [5.74, 6) is 2.60. The van der Waals surface area contributed by atoms with Crippen molar-refractivity contribution in [3.05, 3.63) is 11.6 Å². The summed E-state index contributed by atoms with van der Waals surface area (Å²) < 4.78 is 0. The highest BCUT2D eigenvalue weighted by molar-refractivity contribution is 5.27. The fourth-order valence-corrected chi connectivity index (χ4v) is 7.95. The fraction of sp³-hybridized carbons (Fsp3) is 0.909. The van der Waals surface area contributed by atoms with Crippen molar-refractivity contribution in [1.29, 1.82) is 0 Å². The van der Waals surface area contributed by atoms with Crippen molar-refractivity contribution in [3.63, 3.8) is 0 Å². The van der Waals surface area contributed by atoms with E-state index in [1.165, 1.54) is 44.9 Å². The molecule has 0 radical (unpaired) electrons. The molecular formula is C22H36O. The first-order valence-corrected chi connectivity index (χ1v) is 10.2. The van der Waals surface area contributed by atoms with Crippen LogP contribution in [0.15, 0.2) is 11.6 Å². The van der Waals surface area contributed by atoms with Crippen LogP contribution >= 0.6 is 0 Å². The van der Waals surface area contributed by atoms with E-state index in [1.54, 1.807) is 5.57 Å². The Balaban J connectivity index is 1.75. The number of rotatable bonds is 1. The predicted molar refractivity (Wildman–Crippen MR) is 96.1 cm³/mol. The van der Waals surface area contributed by atoms with E-state index >= 15 is 0 Å². The highest BCUT2D eigenvalue weighted by Gasteiger charge is 2.63. The molecule has 0 aromatic heterocycles. The van der Waals surface area contributed by atoms with Crippen LogP contribution in [0.2, 0.25) is 0 Å². The van der Waals surface area contributed by atoms with Crippen LogP contribution in [-0.4, -0.2) is 11.2 Å². The SMILES string of the molecule is CC(C)[C@@]12CCC[C@H]1[C@]1(C)CC=C3C[C@@H](O)CC[C@]3(C)[C@H]1CC2. The van der Waals surface area contributed by atoms with Crippen LogP contribution in [0.25, 0.3) is 0 Å². The molecule has 1 N–H and O–H groups in total. The molecule has 0 aliphatic heterocycles. The molecule has 3 fully saturated rings. The molecule has 4 rings (SSSR count). The Morgan fingerprint density at radius 2 is 1.83 bits per heavy atom. The Hall–Kier alpha value is -0.300. The summed E-state index contributed by atoms with van der Waals surface area (Å²) in [6.45, 7) is 10.2. The van der Waals surface area contributed by atoms with Crippen LogP contribution in [-0.2, 0) is 0 Å². The zero-order valence-electron chi connectivity index (χ0n) is 15.7. The smallest absolute Gasteiger partial charge is 0.0577 e. The van der Waals surface area contributed by atoms with Gasteiger partial charge in [0.05, 0.1) is 6.10 Å². The zero-order valence-corrected chi connectivity index (χ0v) is 15.7. The van der Waals surface area contributed by atoms with Gasteiger partial charge in [0.2, 0.25) is 0 Å². The number of allylic oxidation sites excluding steroid dienone is 1. The molecule has 130 valence electrons. The van der Waals surface area contributed by atoms with Gasteiger partial charge in [-0.25, -0.2) is 0 Å². The Kier molecular flexibility index (Phi) is 3.59. The molecule has 1 heteroatoms. The summed E-state index contributed by atoms with van der Waals surface area (Å²) in [5.41, 5.74) is 3.10. The normalized spacial score (nSPS) is 52.6. The van der Waals surface area contributed by atoms with Gasteiger partial charge in [-0.15, -0.1) is 0 Å². The van der Waals surface area contributed by atoms with Crippen molar-refractivity contribution in [2.45, 2.75) is 91.6 Å². The van der Waals surface area contributed by atoms with Crippen LogP contribution < -0.4 is 0 Å². The van der Waals surface area contributed by atoms with Crippen LogP contribution in [0, 0.1) is 34.0 Å². The molecule has 0 spiro atoms. The van der Waals surface area contributed by atoms with Crippen molar-refractivity contribution in [2.24, 2.45) is 34.0 Å². The number of fused-ring (bicyclic) bond motifs is 5. The van der Waals surface area contributed by atoms with Gasteiger partial charge in [0.25, 0.3) is 0 Å². The van der Waals surface area contributed by atoms with Crippen LogP contribution in [0.5, 0.6) is 0 Å².